The van der Waals surface area contributed by atoms with E-state index in [-0.39, 0.29) is 22.8 Å². The predicted molar refractivity (Wildman–Crippen MR) is 118 cm³/mol. The summed E-state index contributed by atoms with van der Waals surface area (Å²) in [5.41, 5.74) is 1.69. The number of hydrogen-bond donors (Lipinski definition) is 4. The zero-order valence-corrected chi connectivity index (χ0v) is 18.3. The first-order valence-corrected chi connectivity index (χ1v) is 10.3. The lowest BCUT2D eigenvalue weighted by Crippen LogP contribution is -2.37. The average molecular weight is 438 g/mol. The number of ketones is 1. The van der Waals surface area contributed by atoms with Crippen LogP contribution in [0.4, 0.5) is 0 Å². The van der Waals surface area contributed by atoms with Gasteiger partial charge < -0.3 is 29.9 Å². The molecule has 2 aliphatic heterocycles. The van der Waals surface area contributed by atoms with Crippen molar-refractivity contribution in [2.45, 2.75) is 51.9 Å². The Kier molecular flexibility index (Phi) is 5.17. The van der Waals surface area contributed by atoms with Crippen molar-refractivity contribution in [2.75, 3.05) is 0 Å². The number of aliphatic hydroxyl groups is 1. The summed E-state index contributed by atoms with van der Waals surface area (Å²) in [7, 11) is 0. The maximum absolute atomic E-state index is 12.9. The summed E-state index contributed by atoms with van der Waals surface area (Å²) in [5, 5.41) is 41.9. The quantitative estimate of drug-likeness (QED) is 0.531. The summed E-state index contributed by atoms with van der Waals surface area (Å²) >= 11 is 0. The van der Waals surface area contributed by atoms with Crippen LogP contribution in [-0.2, 0) is 6.42 Å². The molecule has 0 unspecified atom stereocenters. The lowest BCUT2D eigenvalue weighted by molar-refractivity contribution is 0.0206. The Bertz CT molecular complexity index is 1170. The van der Waals surface area contributed by atoms with E-state index in [1.807, 2.05) is 45.9 Å². The van der Waals surface area contributed by atoms with Crippen LogP contribution in [0.1, 0.15) is 60.8 Å². The van der Waals surface area contributed by atoms with Gasteiger partial charge in [0, 0.05) is 28.8 Å². The van der Waals surface area contributed by atoms with Crippen molar-refractivity contribution in [3.05, 3.63) is 58.2 Å². The highest BCUT2D eigenvalue weighted by atomic mass is 16.5. The first-order chi connectivity index (χ1) is 15.0. The highest BCUT2D eigenvalue weighted by Gasteiger charge is 2.41. The molecule has 0 fully saturated rings. The van der Waals surface area contributed by atoms with Gasteiger partial charge in [0.25, 0.3) is 0 Å². The second-order valence-corrected chi connectivity index (χ2v) is 8.92. The van der Waals surface area contributed by atoms with Gasteiger partial charge in [-0.25, -0.2) is 0 Å². The fraction of sp³-hybridized carbons (Fsp3) is 0.320. The van der Waals surface area contributed by atoms with Crippen molar-refractivity contribution >= 4 is 11.9 Å². The maximum Gasteiger partial charge on any atom is 0.202 e. The molecule has 2 aromatic carbocycles. The number of ether oxygens (including phenoxy) is 2. The predicted octanol–water partition coefficient (Wildman–Crippen LogP) is 4.17. The van der Waals surface area contributed by atoms with Crippen molar-refractivity contribution in [3.63, 3.8) is 0 Å². The molecular weight excluding hydrogens is 412 g/mol. The molecule has 0 amide bonds. The van der Waals surface area contributed by atoms with Gasteiger partial charge in [0.1, 0.15) is 28.4 Å². The van der Waals surface area contributed by atoms with Crippen molar-refractivity contribution < 1.29 is 34.7 Å². The topological polar surface area (TPSA) is 116 Å². The van der Waals surface area contributed by atoms with Crippen molar-refractivity contribution in [1.29, 1.82) is 0 Å². The fourth-order valence-electron chi connectivity index (χ4n) is 3.97. The Morgan fingerprint density at radius 2 is 1.88 bits per heavy atom. The number of aromatic hydroxyl groups is 3. The van der Waals surface area contributed by atoms with Crippen LogP contribution < -0.4 is 9.47 Å². The maximum atomic E-state index is 12.9. The van der Waals surface area contributed by atoms with Crippen LogP contribution in [0.5, 0.6) is 28.7 Å². The lowest BCUT2D eigenvalue weighted by Gasteiger charge is -2.34. The minimum atomic E-state index is -1.62. The van der Waals surface area contributed by atoms with Crippen LogP contribution in [0.2, 0.25) is 0 Å². The molecule has 0 spiro atoms. The molecule has 2 heterocycles. The second-order valence-electron chi connectivity index (χ2n) is 8.92. The van der Waals surface area contributed by atoms with E-state index in [1.54, 1.807) is 6.07 Å². The molecule has 4 rings (SSSR count). The van der Waals surface area contributed by atoms with E-state index < -0.39 is 29.3 Å². The minimum absolute atomic E-state index is 0.0406. The molecule has 0 saturated heterocycles. The standard InChI is InChI=1S/C25H26O7/c1-12(2)5-6-15-16(9-13-7-8-25(3,4)32-23(13)20(15)28)24-22(30)21(29)19-17(27)10-14(26)11-18(19)31-24/h5,7-11,22,24,26-28,30H,6H2,1-4H3/t22-,24+/m0/s1. The van der Waals surface area contributed by atoms with E-state index in [0.29, 0.717) is 28.9 Å². The third-order valence-electron chi connectivity index (χ3n) is 5.59. The zero-order chi connectivity index (χ0) is 23.4. The number of rotatable bonds is 3. The van der Waals surface area contributed by atoms with E-state index in [9.17, 15) is 25.2 Å². The lowest BCUT2D eigenvalue weighted by atomic mass is 9.87. The number of carbonyl (C=O) groups is 1. The van der Waals surface area contributed by atoms with Crippen molar-refractivity contribution in [3.8, 4) is 28.7 Å². The van der Waals surface area contributed by atoms with Gasteiger partial charge in [-0.05, 0) is 46.3 Å². The molecule has 32 heavy (non-hydrogen) atoms. The number of hydrogen-bond acceptors (Lipinski definition) is 7. The molecule has 0 aliphatic carbocycles. The van der Waals surface area contributed by atoms with E-state index >= 15 is 0 Å². The van der Waals surface area contributed by atoms with Gasteiger partial charge in [-0.1, -0.05) is 17.7 Å². The zero-order valence-electron chi connectivity index (χ0n) is 18.3. The van der Waals surface area contributed by atoms with Gasteiger partial charge in [0.05, 0.1) is 0 Å². The SMILES string of the molecule is CC(C)=CCc1c([C@H]2Oc3cc(O)cc(O)c3C(=O)[C@@H]2O)cc2c(c1O)OC(C)(C)C=C2. The highest BCUT2D eigenvalue weighted by Crippen LogP contribution is 2.48. The fourth-order valence-corrected chi connectivity index (χ4v) is 3.97. The number of fused-ring (bicyclic) bond motifs is 2. The minimum Gasteiger partial charge on any atom is -0.508 e. The molecule has 2 aromatic rings. The van der Waals surface area contributed by atoms with E-state index in [2.05, 4.69) is 0 Å². The summed E-state index contributed by atoms with van der Waals surface area (Å²) in [6.45, 7) is 7.60. The average Bonchev–Trinajstić information content (AvgIpc) is 2.69. The van der Waals surface area contributed by atoms with E-state index in [1.165, 1.54) is 6.07 Å². The molecule has 7 heteroatoms. The number of phenolic OH excluding ortho intramolecular Hbond substituents is 3. The molecule has 2 atom stereocenters. The monoisotopic (exact) mass is 438 g/mol. The number of aliphatic hydroxyl groups excluding tert-OH is 1. The molecule has 2 aliphatic rings. The van der Waals surface area contributed by atoms with Crippen LogP contribution in [0.3, 0.4) is 0 Å². The number of Topliss-reactive ketones (excluding diaryl/α,β-unsaturated/α-hetero) is 1. The van der Waals surface area contributed by atoms with E-state index in [4.69, 9.17) is 9.47 Å². The largest absolute Gasteiger partial charge is 0.508 e. The first-order valence-electron chi connectivity index (χ1n) is 10.3. The van der Waals surface area contributed by atoms with Gasteiger partial charge in [-0.3, -0.25) is 4.79 Å². The van der Waals surface area contributed by atoms with Crippen LogP contribution in [0, 0.1) is 0 Å². The molecule has 7 nitrogen and oxygen atoms in total. The number of allylic oxidation sites excluding steroid dienone is 2. The Hall–Kier alpha value is -3.45. The number of carbonyl (C=O) groups excluding carboxylic acids is 1. The second kappa shape index (κ2) is 7.60. The molecule has 0 aromatic heterocycles. The van der Waals surface area contributed by atoms with Gasteiger partial charge in [-0.15, -0.1) is 0 Å². The number of benzene rings is 2. The van der Waals surface area contributed by atoms with Gasteiger partial charge in [0.15, 0.2) is 23.7 Å². The van der Waals surface area contributed by atoms with Crippen LogP contribution >= 0.6 is 0 Å². The third kappa shape index (κ3) is 3.69. The molecule has 4 N–H and O–H groups in total. The first kappa shape index (κ1) is 21.8. The highest BCUT2D eigenvalue weighted by molar-refractivity contribution is 6.05. The van der Waals surface area contributed by atoms with Crippen molar-refractivity contribution in [2.24, 2.45) is 0 Å². The molecule has 168 valence electrons. The molecule has 0 saturated carbocycles. The third-order valence-corrected chi connectivity index (χ3v) is 5.59. The van der Waals surface area contributed by atoms with E-state index in [0.717, 1.165) is 11.6 Å². The Balaban J connectivity index is 1.89. The van der Waals surface area contributed by atoms with Gasteiger partial charge >= 0.3 is 0 Å². The van der Waals surface area contributed by atoms with Gasteiger partial charge in [-0.2, -0.15) is 0 Å². The summed E-state index contributed by atoms with van der Waals surface area (Å²) in [6, 6.07) is 3.96. The van der Waals surface area contributed by atoms with Crippen molar-refractivity contribution in [1.82, 2.24) is 0 Å². The van der Waals surface area contributed by atoms with Crippen LogP contribution in [0.15, 0.2) is 35.9 Å². The molecule has 0 radical (unpaired) electrons. The molecular formula is C25H26O7. The number of phenols is 3. The van der Waals surface area contributed by atoms with Gasteiger partial charge in [0.2, 0.25) is 5.78 Å². The Morgan fingerprint density at radius 1 is 1.16 bits per heavy atom. The summed E-state index contributed by atoms with van der Waals surface area (Å²) in [4.78, 5) is 12.9. The summed E-state index contributed by atoms with van der Waals surface area (Å²) in [5.74, 6) is -1.28. The summed E-state index contributed by atoms with van der Waals surface area (Å²) in [6.07, 6.45) is 3.13. The van der Waals surface area contributed by atoms with Crippen LogP contribution in [0.25, 0.3) is 6.08 Å². The Labute approximate surface area is 185 Å². The Morgan fingerprint density at radius 3 is 2.56 bits per heavy atom. The smallest absolute Gasteiger partial charge is 0.202 e. The summed E-state index contributed by atoms with van der Waals surface area (Å²) < 4.78 is 11.9. The molecule has 0 bridgehead atoms. The van der Waals surface area contributed by atoms with Crippen LogP contribution in [-0.4, -0.2) is 37.9 Å². The normalized spacial score (nSPS) is 20.6.